The molecule has 2 aromatic rings. The van der Waals surface area contributed by atoms with Gasteiger partial charge in [0.2, 0.25) is 5.88 Å². The molecule has 0 saturated carbocycles. The molecule has 0 radical (unpaired) electrons. The van der Waals surface area contributed by atoms with Crippen LogP contribution in [0.4, 0.5) is 5.69 Å². The molecular weight excluding hydrogens is 380 g/mol. The maximum atomic E-state index is 10.7. The van der Waals surface area contributed by atoms with Gasteiger partial charge in [-0.2, -0.15) is 0 Å². The first-order valence-electron chi connectivity index (χ1n) is 5.21. The van der Waals surface area contributed by atoms with Crippen molar-refractivity contribution < 1.29 is 9.66 Å². The number of nitrogens with zero attached hydrogens (tertiary/aromatic N) is 2. The van der Waals surface area contributed by atoms with E-state index in [1.807, 2.05) is 0 Å². The molecule has 5 nitrogen and oxygen atoms in total. The largest absolute Gasteiger partial charge is 0.438 e. The van der Waals surface area contributed by atoms with Gasteiger partial charge in [0.1, 0.15) is 5.75 Å². The van der Waals surface area contributed by atoms with E-state index in [-0.39, 0.29) is 5.69 Å². The molecule has 7 heteroatoms. The maximum Gasteiger partial charge on any atom is 0.272 e. The Morgan fingerprint density at radius 2 is 2.05 bits per heavy atom. The lowest BCUT2D eigenvalue weighted by atomic mass is 10.2. The Morgan fingerprint density at radius 3 is 2.63 bits per heavy atom. The predicted molar refractivity (Wildman–Crippen MR) is 77.5 cm³/mol. The first-order chi connectivity index (χ1) is 8.97. The highest BCUT2D eigenvalue weighted by atomic mass is 79.9. The van der Waals surface area contributed by atoms with E-state index in [2.05, 4.69) is 36.8 Å². The van der Waals surface area contributed by atoms with Crippen LogP contribution in [-0.4, -0.2) is 9.91 Å². The van der Waals surface area contributed by atoms with E-state index in [0.717, 1.165) is 4.47 Å². The van der Waals surface area contributed by atoms with E-state index in [0.29, 0.717) is 21.7 Å². The Labute approximate surface area is 126 Å². The average molecular weight is 388 g/mol. The summed E-state index contributed by atoms with van der Waals surface area (Å²) in [5.74, 6) is 0.898. The first-order valence-corrected chi connectivity index (χ1v) is 6.80. The molecule has 0 aliphatic carbocycles. The third-order valence-corrected chi connectivity index (χ3v) is 3.36. The van der Waals surface area contributed by atoms with Crippen LogP contribution < -0.4 is 4.74 Å². The van der Waals surface area contributed by atoms with Gasteiger partial charge in [0, 0.05) is 22.3 Å². The fourth-order valence-corrected chi connectivity index (χ4v) is 2.55. The molecule has 19 heavy (non-hydrogen) atoms. The highest BCUT2D eigenvalue weighted by Gasteiger charge is 2.12. The van der Waals surface area contributed by atoms with E-state index < -0.39 is 4.92 Å². The lowest BCUT2D eigenvalue weighted by molar-refractivity contribution is -0.385. The lowest BCUT2D eigenvalue weighted by Crippen LogP contribution is -1.93. The Morgan fingerprint density at radius 1 is 1.32 bits per heavy atom. The van der Waals surface area contributed by atoms with Gasteiger partial charge < -0.3 is 4.74 Å². The second-order valence-corrected chi connectivity index (χ2v) is 5.52. The molecule has 0 aliphatic heterocycles. The summed E-state index contributed by atoms with van der Waals surface area (Å²) in [6.07, 6.45) is 1.61. The zero-order valence-corrected chi connectivity index (χ0v) is 12.9. The zero-order valence-electron chi connectivity index (χ0n) is 9.76. The van der Waals surface area contributed by atoms with Crippen LogP contribution >= 0.6 is 31.9 Å². The van der Waals surface area contributed by atoms with Crippen LogP contribution in [0.3, 0.4) is 0 Å². The average Bonchev–Trinajstić information content (AvgIpc) is 2.32. The van der Waals surface area contributed by atoms with E-state index in [1.54, 1.807) is 31.3 Å². The van der Waals surface area contributed by atoms with Crippen LogP contribution in [0.5, 0.6) is 11.6 Å². The second-order valence-electron chi connectivity index (χ2n) is 3.75. The first kappa shape index (κ1) is 14.0. The van der Waals surface area contributed by atoms with Crippen molar-refractivity contribution in [2.45, 2.75) is 6.92 Å². The number of hydrogen-bond acceptors (Lipinski definition) is 4. The molecule has 0 amide bonds. The van der Waals surface area contributed by atoms with Gasteiger partial charge in [-0.15, -0.1) is 0 Å². The molecule has 0 spiro atoms. The number of hydrogen-bond donors (Lipinski definition) is 0. The summed E-state index contributed by atoms with van der Waals surface area (Å²) in [5.41, 5.74) is 0.603. The van der Waals surface area contributed by atoms with Gasteiger partial charge in [0.05, 0.1) is 9.40 Å². The standard InChI is InChI=1S/C12H8Br2N2O3/c1-7-4-9(2-3-11(7)16(17)18)19-12-10(14)5-8(13)6-15-12/h2-6H,1H3. The van der Waals surface area contributed by atoms with Gasteiger partial charge >= 0.3 is 0 Å². The minimum atomic E-state index is -0.424. The van der Waals surface area contributed by atoms with Crippen LogP contribution in [0.25, 0.3) is 0 Å². The Balaban J connectivity index is 2.29. The Kier molecular flexibility index (Phi) is 4.16. The molecule has 0 fully saturated rings. The number of benzene rings is 1. The zero-order chi connectivity index (χ0) is 14.0. The van der Waals surface area contributed by atoms with Crippen molar-refractivity contribution in [2.24, 2.45) is 0 Å². The van der Waals surface area contributed by atoms with Gasteiger partial charge in [-0.25, -0.2) is 4.98 Å². The summed E-state index contributed by atoms with van der Waals surface area (Å²) in [7, 11) is 0. The number of aromatic nitrogens is 1. The Hall–Kier alpha value is -1.47. The highest BCUT2D eigenvalue weighted by Crippen LogP contribution is 2.31. The topological polar surface area (TPSA) is 65.3 Å². The summed E-state index contributed by atoms with van der Waals surface area (Å²) in [4.78, 5) is 14.4. The van der Waals surface area contributed by atoms with Gasteiger partial charge in [-0.05, 0) is 57.0 Å². The fraction of sp³-hybridized carbons (Fsp3) is 0.0833. The van der Waals surface area contributed by atoms with Gasteiger partial charge in [-0.3, -0.25) is 10.1 Å². The van der Waals surface area contributed by atoms with E-state index in [1.165, 1.54) is 6.07 Å². The van der Waals surface area contributed by atoms with Crippen molar-refractivity contribution in [3.63, 3.8) is 0 Å². The highest BCUT2D eigenvalue weighted by molar-refractivity contribution is 9.11. The van der Waals surface area contributed by atoms with Crippen LogP contribution in [-0.2, 0) is 0 Å². The molecule has 0 aliphatic rings. The number of ether oxygens (including phenoxy) is 1. The third-order valence-electron chi connectivity index (χ3n) is 2.35. The van der Waals surface area contributed by atoms with E-state index >= 15 is 0 Å². The quantitative estimate of drug-likeness (QED) is 0.569. The van der Waals surface area contributed by atoms with Crippen LogP contribution in [0.1, 0.15) is 5.56 Å². The SMILES string of the molecule is Cc1cc(Oc2ncc(Br)cc2Br)ccc1[N+](=O)[O-]. The molecule has 2 rings (SSSR count). The van der Waals surface area contributed by atoms with Crippen molar-refractivity contribution >= 4 is 37.5 Å². The van der Waals surface area contributed by atoms with Gasteiger partial charge in [0.25, 0.3) is 5.69 Å². The molecule has 0 bridgehead atoms. The number of aryl methyl sites for hydroxylation is 1. The van der Waals surface area contributed by atoms with Crippen molar-refractivity contribution in [1.29, 1.82) is 0 Å². The molecule has 0 saturated heterocycles. The molecule has 1 aromatic heterocycles. The smallest absolute Gasteiger partial charge is 0.272 e. The summed E-state index contributed by atoms with van der Waals surface area (Å²) < 4.78 is 7.10. The molecule has 0 N–H and O–H groups in total. The lowest BCUT2D eigenvalue weighted by Gasteiger charge is -2.07. The van der Waals surface area contributed by atoms with E-state index in [9.17, 15) is 10.1 Å². The number of rotatable bonds is 3. The number of halogens is 2. The van der Waals surface area contributed by atoms with E-state index in [4.69, 9.17) is 4.74 Å². The summed E-state index contributed by atoms with van der Waals surface area (Å²) in [6.45, 7) is 1.66. The molecule has 98 valence electrons. The van der Waals surface area contributed by atoms with Crippen molar-refractivity contribution in [3.05, 3.63) is 55.1 Å². The van der Waals surface area contributed by atoms with Gasteiger partial charge in [-0.1, -0.05) is 0 Å². The maximum absolute atomic E-state index is 10.7. The summed E-state index contributed by atoms with van der Waals surface area (Å²) in [6, 6.07) is 6.37. The summed E-state index contributed by atoms with van der Waals surface area (Å²) in [5, 5.41) is 10.7. The summed E-state index contributed by atoms with van der Waals surface area (Å²) >= 11 is 6.63. The van der Waals surface area contributed by atoms with Crippen LogP contribution in [0.15, 0.2) is 39.4 Å². The molecule has 0 atom stereocenters. The minimum absolute atomic E-state index is 0.0650. The molecule has 1 aromatic carbocycles. The number of nitro groups is 1. The number of pyridine rings is 1. The fourth-order valence-electron chi connectivity index (χ4n) is 1.49. The molecular formula is C12H8Br2N2O3. The monoisotopic (exact) mass is 386 g/mol. The number of nitro benzene ring substituents is 1. The van der Waals surface area contributed by atoms with Crippen LogP contribution in [0.2, 0.25) is 0 Å². The normalized spacial score (nSPS) is 10.3. The third kappa shape index (κ3) is 3.30. The predicted octanol–water partition coefficient (Wildman–Crippen LogP) is 4.62. The molecule has 0 unspecified atom stereocenters. The van der Waals surface area contributed by atoms with Crippen molar-refractivity contribution in [1.82, 2.24) is 4.98 Å². The second kappa shape index (κ2) is 5.66. The van der Waals surface area contributed by atoms with Crippen LogP contribution in [0, 0.1) is 17.0 Å². The van der Waals surface area contributed by atoms with Gasteiger partial charge in [0.15, 0.2) is 0 Å². The Bertz CT molecular complexity index is 647. The minimum Gasteiger partial charge on any atom is -0.438 e. The van der Waals surface area contributed by atoms with Crippen molar-refractivity contribution in [2.75, 3.05) is 0 Å². The van der Waals surface area contributed by atoms with Crippen molar-refractivity contribution in [3.8, 4) is 11.6 Å². The molecule has 1 heterocycles.